The minimum atomic E-state index is -6.72. The fraction of sp³-hybridized carbons (Fsp3) is 0.643. The van der Waals surface area contributed by atoms with Crippen molar-refractivity contribution in [3.63, 3.8) is 0 Å². The third kappa shape index (κ3) is 9.19. The van der Waals surface area contributed by atoms with E-state index in [9.17, 15) is 43.2 Å². The Labute approximate surface area is 159 Å². The van der Waals surface area contributed by atoms with E-state index in [2.05, 4.69) is 42.9 Å². The second-order valence-corrected chi connectivity index (χ2v) is 9.01. The number of nitrogens with zero attached hydrogens (tertiary/aromatic N) is 2. The van der Waals surface area contributed by atoms with Gasteiger partial charge in [0.1, 0.15) is 6.54 Å². The maximum absolute atomic E-state index is 11.4. The van der Waals surface area contributed by atoms with Gasteiger partial charge < -0.3 is 4.13 Å². The number of alkyl halides is 6. The second kappa shape index (κ2) is 10.4. The van der Waals surface area contributed by atoms with Crippen LogP contribution in [0.1, 0.15) is 38.2 Å². The van der Waals surface area contributed by atoms with Crippen LogP contribution in [0.25, 0.3) is 4.13 Å². The van der Waals surface area contributed by atoms with Gasteiger partial charge in [0, 0.05) is 18.6 Å². The summed E-state index contributed by atoms with van der Waals surface area (Å²) < 4.78 is 111. The molecule has 6 nitrogen and oxygen atoms in total. The van der Waals surface area contributed by atoms with Crippen molar-refractivity contribution in [2.75, 3.05) is 0 Å². The summed E-state index contributed by atoms with van der Waals surface area (Å²) in [7, 11) is -13.4. The van der Waals surface area contributed by atoms with Crippen LogP contribution in [-0.2, 0) is 26.6 Å². The average Bonchev–Trinajstić information content (AvgIpc) is 2.51. The lowest BCUT2D eigenvalue weighted by molar-refractivity contribution is -0.697. The molecule has 0 amide bonds. The van der Waals surface area contributed by atoms with Crippen LogP contribution < -0.4 is 4.57 Å². The van der Waals surface area contributed by atoms with Gasteiger partial charge in [-0.05, 0) is 18.9 Å². The van der Waals surface area contributed by atoms with Crippen LogP contribution in [0.3, 0.4) is 0 Å². The summed E-state index contributed by atoms with van der Waals surface area (Å²) in [5, 5.41) is 0. The third-order valence-corrected chi connectivity index (χ3v) is 5.85. The highest BCUT2D eigenvalue weighted by atomic mass is 32.3. The van der Waals surface area contributed by atoms with Gasteiger partial charge in [0.05, 0.1) is 0 Å². The molecular formula is C14H20F6N2O4S2. The van der Waals surface area contributed by atoms with Crippen molar-refractivity contribution in [2.24, 2.45) is 0 Å². The fourth-order valence-corrected chi connectivity index (χ4v) is 3.33. The number of unbranched alkanes of at least 4 members (excludes halogenated alkanes) is 3. The molecule has 0 saturated heterocycles. The van der Waals surface area contributed by atoms with Crippen molar-refractivity contribution in [3.8, 4) is 0 Å². The van der Waals surface area contributed by atoms with E-state index in [1.54, 1.807) is 0 Å². The first-order valence-electron chi connectivity index (χ1n) is 7.86. The number of halogens is 6. The molecule has 164 valence electrons. The van der Waals surface area contributed by atoms with Gasteiger partial charge in [-0.25, -0.2) is 21.4 Å². The van der Waals surface area contributed by atoms with Crippen LogP contribution in [-0.4, -0.2) is 27.9 Å². The summed E-state index contributed by atoms with van der Waals surface area (Å²) in [5.41, 5.74) is -11.1. The molecular weight excluding hydrogens is 438 g/mol. The van der Waals surface area contributed by atoms with E-state index in [1.165, 1.54) is 37.8 Å². The molecule has 0 aliphatic carbocycles. The summed E-state index contributed by atoms with van der Waals surface area (Å²) in [6.07, 6.45) is 9.69. The minimum absolute atomic E-state index is 0.778. The number of aryl methyl sites for hydroxylation is 2. The van der Waals surface area contributed by atoms with Gasteiger partial charge in [-0.15, -0.1) is 0 Å². The molecule has 0 aliphatic rings. The van der Waals surface area contributed by atoms with E-state index in [0.29, 0.717) is 0 Å². The molecule has 1 aromatic rings. The topological polar surface area (TPSA) is 86.3 Å². The second-order valence-electron chi connectivity index (χ2n) is 5.59. The molecule has 1 aromatic heterocycles. The van der Waals surface area contributed by atoms with E-state index in [0.717, 1.165) is 4.13 Å². The van der Waals surface area contributed by atoms with E-state index in [-0.39, 0.29) is 0 Å². The zero-order chi connectivity index (χ0) is 22.2. The van der Waals surface area contributed by atoms with Crippen molar-refractivity contribution in [1.29, 1.82) is 0 Å². The molecule has 0 radical (unpaired) electrons. The molecule has 0 atom stereocenters. The number of aromatic nitrogens is 1. The zero-order valence-electron chi connectivity index (χ0n) is 15.0. The monoisotopic (exact) mass is 458 g/mol. The predicted octanol–water partition coefficient (Wildman–Crippen LogP) is 3.92. The van der Waals surface area contributed by atoms with Crippen molar-refractivity contribution < 1.29 is 47.7 Å². The number of hydrogen-bond donors (Lipinski definition) is 0. The predicted molar refractivity (Wildman–Crippen MR) is 88.8 cm³/mol. The van der Waals surface area contributed by atoms with Gasteiger partial charge in [0.15, 0.2) is 32.4 Å². The molecule has 0 aromatic carbocycles. The Morgan fingerprint density at radius 1 is 0.857 bits per heavy atom. The summed E-state index contributed by atoms with van der Waals surface area (Å²) in [4.78, 5) is 0. The van der Waals surface area contributed by atoms with Crippen LogP contribution in [0.4, 0.5) is 26.3 Å². The van der Waals surface area contributed by atoms with Crippen LogP contribution >= 0.6 is 0 Å². The fourth-order valence-electron chi connectivity index (χ4n) is 1.62. The Balaban J connectivity index is 0.000000525. The summed E-state index contributed by atoms with van der Waals surface area (Å²) in [6, 6.07) is 4.33. The number of rotatable bonds is 7. The third-order valence-electron chi connectivity index (χ3n) is 3.11. The molecule has 0 aliphatic heterocycles. The van der Waals surface area contributed by atoms with E-state index < -0.39 is 31.1 Å². The number of pyridine rings is 1. The van der Waals surface area contributed by atoms with Gasteiger partial charge in [0.25, 0.3) is 0 Å². The van der Waals surface area contributed by atoms with E-state index in [1.807, 2.05) is 0 Å². The van der Waals surface area contributed by atoms with E-state index in [4.69, 9.17) is 0 Å². The highest BCUT2D eigenvalue weighted by Gasteiger charge is 2.46. The maximum atomic E-state index is 11.4. The zero-order valence-corrected chi connectivity index (χ0v) is 16.6. The first kappa shape index (κ1) is 26.6. The average molecular weight is 458 g/mol. The molecule has 14 heteroatoms. The van der Waals surface area contributed by atoms with Crippen molar-refractivity contribution >= 4 is 20.0 Å². The molecule has 28 heavy (non-hydrogen) atoms. The first-order valence-corrected chi connectivity index (χ1v) is 10.7. The largest absolute Gasteiger partial charge is 0.480 e. The van der Waals surface area contributed by atoms with Gasteiger partial charge in [0.2, 0.25) is 0 Å². The number of hydrogen-bond acceptors (Lipinski definition) is 4. The van der Waals surface area contributed by atoms with Crippen molar-refractivity contribution in [1.82, 2.24) is 0 Å². The Morgan fingerprint density at radius 3 is 1.64 bits per heavy atom. The number of sulfonamides is 2. The normalized spacial score (nSPS) is 13.0. The lowest BCUT2D eigenvalue weighted by atomic mass is 10.2. The van der Waals surface area contributed by atoms with Gasteiger partial charge >= 0.3 is 11.0 Å². The molecule has 0 fully saturated rings. The molecule has 1 heterocycles. The molecule has 0 saturated carbocycles. The smallest absolute Gasteiger partial charge is 0.421 e. The first-order chi connectivity index (χ1) is 12.5. The summed E-state index contributed by atoms with van der Waals surface area (Å²) in [6.45, 7) is 5.54. The highest BCUT2D eigenvalue weighted by molar-refractivity contribution is 8.13. The lowest BCUT2D eigenvalue weighted by Crippen LogP contribution is -2.32. The lowest BCUT2D eigenvalue weighted by Gasteiger charge is -2.22. The van der Waals surface area contributed by atoms with E-state index >= 15 is 0 Å². The molecule has 0 bridgehead atoms. The molecule has 1 rings (SSSR count). The van der Waals surface area contributed by atoms with Crippen LogP contribution in [0.2, 0.25) is 0 Å². The Kier molecular flexibility index (Phi) is 9.87. The Morgan fingerprint density at radius 2 is 1.29 bits per heavy atom. The highest BCUT2D eigenvalue weighted by Crippen LogP contribution is 2.36. The summed E-state index contributed by atoms with van der Waals surface area (Å²) in [5.74, 6) is 0. The van der Waals surface area contributed by atoms with Gasteiger partial charge in [-0.1, -0.05) is 19.8 Å². The minimum Gasteiger partial charge on any atom is -0.421 e. The van der Waals surface area contributed by atoms with Crippen LogP contribution in [0.15, 0.2) is 24.5 Å². The van der Waals surface area contributed by atoms with Gasteiger partial charge in [-0.3, -0.25) is 0 Å². The SMILES string of the molecule is CCCCCC[n+]1ccc(C)cc1.O=S(=O)([N-]S(=O)(=O)C(F)(F)F)C(F)(F)F. The molecule has 0 spiro atoms. The quantitative estimate of drug-likeness (QED) is 0.352. The van der Waals surface area contributed by atoms with Crippen molar-refractivity contribution in [2.45, 2.75) is 57.1 Å². The molecule has 0 unspecified atom stereocenters. The van der Waals surface area contributed by atoms with Crippen molar-refractivity contribution in [3.05, 3.63) is 34.2 Å². The Bertz CT molecular complexity index is 762. The standard InChI is InChI=1S/C12H20N.C2F6NO4S2/c1-3-4-5-6-9-13-10-7-12(2)8-11-13;3-1(4,5)14(10,11)9-15(12,13)2(6,7)8/h7-8,10-11H,3-6,9H2,1-2H3;/q+1;-1. The molecule has 0 N–H and O–H groups in total. The summed E-state index contributed by atoms with van der Waals surface area (Å²) >= 11 is 0. The maximum Gasteiger partial charge on any atom is 0.480 e. The van der Waals surface area contributed by atoms with Gasteiger partial charge in [-0.2, -0.15) is 26.3 Å². The van der Waals surface area contributed by atoms with Crippen LogP contribution in [0, 0.1) is 6.92 Å². The van der Waals surface area contributed by atoms with Crippen LogP contribution in [0.5, 0.6) is 0 Å². The Hall–Kier alpha value is -1.41.